The fourth-order valence-corrected chi connectivity index (χ4v) is 3.51. The monoisotopic (exact) mass is 315 g/mol. The summed E-state index contributed by atoms with van der Waals surface area (Å²) in [7, 11) is 0. The normalized spacial score (nSPS) is 22.7. The van der Waals surface area contributed by atoms with Crippen molar-refractivity contribution in [3.05, 3.63) is 40.4 Å². The van der Waals surface area contributed by atoms with Gasteiger partial charge in [-0.1, -0.05) is 12.1 Å². The standard InChI is InChI=1S/C17H21N3O3/c1-12(20-8-6-17(7-9-20)22-10-11-23-17)15-18-14-5-3-2-4-13(14)16(21)19-15/h2-5,12H,6-11H2,1H3,(H,18,19,21)/t12-/m0/s1. The van der Waals surface area contributed by atoms with E-state index in [1.54, 1.807) is 6.07 Å². The lowest BCUT2D eigenvalue weighted by molar-refractivity contribution is -0.187. The molecule has 1 spiro atoms. The number of nitrogens with one attached hydrogen (secondary N) is 1. The molecule has 3 heterocycles. The lowest BCUT2D eigenvalue weighted by atomic mass is 10.0. The second-order valence-corrected chi connectivity index (χ2v) is 6.29. The average Bonchev–Trinajstić information content (AvgIpc) is 3.03. The highest BCUT2D eigenvalue weighted by Crippen LogP contribution is 2.33. The van der Waals surface area contributed by atoms with Gasteiger partial charge in [-0.3, -0.25) is 9.69 Å². The van der Waals surface area contributed by atoms with Gasteiger partial charge in [-0.2, -0.15) is 0 Å². The second-order valence-electron chi connectivity index (χ2n) is 6.29. The van der Waals surface area contributed by atoms with Gasteiger partial charge < -0.3 is 14.5 Å². The molecule has 0 unspecified atom stereocenters. The van der Waals surface area contributed by atoms with Gasteiger partial charge in [0.1, 0.15) is 5.82 Å². The van der Waals surface area contributed by atoms with Crippen molar-refractivity contribution in [3.63, 3.8) is 0 Å². The number of likely N-dealkylation sites (tertiary alicyclic amines) is 1. The molecule has 23 heavy (non-hydrogen) atoms. The van der Waals surface area contributed by atoms with Crippen LogP contribution in [0, 0.1) is 0 Å². The SMILES string of the molecule is C[C@@H](c1nc2ccccc2c(=O)[nH]1)N1CCC2(CC1)OCCO2. The molecule has 6 heteroatoms. The number of benzene rings is 1. The third-order valence-corrected chi connectivity index (χ3v) is 4.95. The maximum Gasteiger partial charge on any atom is 0.258 e. The number of H-pyrrole nitrogens is 1. The summed E-state index contributed by atoms with van der Waals surface area (Å²) in [6.45, 7) is 5.21. The Hall–Kier alpha value is -1.76. The number of hydrogen-bond donors (Lipinski definition) is 1. The highest BCUT2D eigenvalue weighted by Gasteiger charge is 2.40. The van der Waals surface area contributed by atoms with Crippen molar-refractivity contribution in [3.8, 4) is 0 Å². The lowest BCUT2D eigenvalue weighted by Gasteiger charge is -2.39. The number of nitrogens with zero attached hydrogens (tertiary/aromatic N) is 2. The minimum absolute atomic E-state index is 0.0612. The number of ether oxygens (including phenoxy) is 2. The molecule has 2 aromatic rings. The topological polar surface area (TPSA) is 67.5 Å². The van der Waals surface area contributed by atoms with Crippen molar-refractivity contribution in [1.29, 1.82) is 0 Å². The third-order valence-electron chi connectivity index (χ3n) is 4.95. The first-order valence-corrected chi connectivity index (χ1v) is 8.18. The second kappa shape index (κ2) is 5.70. The first-order valence-electron chi connectivity index (χ1n) is 8.18. The molecule has 0 radical (unpaired) electrons. The summed E-state index contributed by atoms with van der Waals surface area (Å²) in [6.07, 6.45) is 1.71. The van der Waals surface area contributed by atoms with E-state index in [4.69, 9.17) is 9.47 Å². The van der Waals surface area contributed by atoms with Crippen LogP contribution in [0.15, 0.2) is 29.1 Å². The van der Waals surface area contributed by atoms with Gasteiger partial charge in [-0.15, -0.1) is 0 Å². The van der Waals surface area contributed by atoms with Crippen molar-refractivity contribution in [2.24, 2.45) is 0 Å². The zero-order chi connectivity index (χ0) is 15.9. The molecular formula is C17H21N3O3. The van der Waals surface area contributed by atoms with Crippen molar-refractivity contribution >= 4 is 10.9 Å². The van der Waals surface area contributed by atoms with Crippen LogP contribution in [-0.4, -0.2) is 47.0 Å². The minimum atomic E-state index is -0.375. The zero-order valence-corrected chi connectivity index (χ0v) is 13.2. The van der Waals surface area contributed by atoms with Crippen LogP contribution in [0.1, 0.15) is 31.6 Å². The summed E-state index contributed by atoms with van der Waals surface area (Å²) in [6, 6.07) is 7.50. The molecule has 122 valence electrons. The predicted molar refractivity (Wildman–Crippen MR) is 86.2 cm³/mol. The Kier molecular flexibility index (Phi) is 3.67. The zero-order valence-electron chi connectivity index (χ0n) is 13.2. The van der Waals surface area contributed by atoms with Gasteiger partial charge >= 0.3 is 0 Å². The first-order chi connectivity index (χ1) is 11.2. The summed E-state index contributed by atoms with van der Waals surface area (Å²) in [4.78, 5) is 22.1. The molecule has 1 aromatic carbocycles. The van der Waals surface area contributed by atoms with E-state index >= 15 is 0 Å². The van der Waals surface area contributed by atoms with Crippen LogP contribution in [0.25, 0.3) is 10.9 Å². The maximum absolute atomic E-state index is 12.2. The molecule has 2 aliphatic rings. The van der Waals surface area contributed by atoms with Gasteiger partial charge in [0.15, 0.2) is 5.79 Å². The molecule has 2 saturated heterocycles. The molecular weight excluding hydrogens is 294 g/mol. The van der Waals surface area contributed by atoms with Gasteiger partial charge in [0.05, 0.1) is 30.2 Å². The lowest BCUT2D eigenvalue weighted by Crippen LogP contribution is -2.46. The van der Waals surface area contributed by atoms with Gasteiger partial charge in [0.2, 0.25) is 0 Å². The van der Waals surface area contributed by atoms with Crippen LogP contribution >= 0.6 is 0 Å². The van der Waals surface area contributed by atoms with Gasteiger partial charge in [-0.05, 0) is 19.1 Å². The summed E-state index contributed by atoms with van der Waals surface area (Å²) in [5.74, 6) is 0.346. The number of rotatable bonds is 2. The van der Waals surface area contributed by atoms with Crippen LogP contribution in [0.5, 0.6) is 0 Å². The number of hydrogen-bond acceptors (Lipinski definition) is 5. The Labute approximate surface area is 134 Å². The molecule has 0 saturated carbocycles. The summed E-state index contributed by atoms with van der Waals surface area (Å²) in [5, 5.41) is 0.633. The van der Waals surface area contributed by atoms with Gasteiger partial charge in [0, 0.05) is 25.9 Å². The van der Waals surface area contributed by atoms with Gasteiger partial charge in [-0.25, -0.2) is 4.98 Å². The average molecular weight is 315 g/mol. The van der Waals surface area contributed by atoms with Crippen molar-refractivity contribution < 1.29 is 9.47 Å². The summed E-state index contributed by atoms with van der Waals surface area (Å²) >= 11 is 0. The van der Waals surface area contributed by atoms with Crippen LogP contribution in [0.2, 0.25) is 0 Å². The molecule has 0 bridgehead atoms. The van der Waals surface area contributed by atoms with Crippen molar-refractivity contribution in [1.82, 2.24) is 14.9 Å². The molecule has 4 rings (SSSR count). The van der Waals surface area contributed by atoms with E-state index < -0.39 is 0 Å². The minimum Gasteiger partial charge on any atom is -0.347 e. The first kappa shape index (κ1) is 14.8. The molecule has 0 aliphatic carbocycles. The van der Waals surface area contributed by atoms with E-state index in [2.05, 4.69) is 21.8 Å². The predicted octanol–water partition coefficient (Wildman–Crippen LogP) is 1.82. The largest absolute Gasteiger partial charge is 0.347 e. The Morgan fingerprint density at radius 2 is 1.91 bits per heavy atom. The third kappa shape index (κ3) is 2.67. The van der Waals surface area contributed by atoms with E-state index in [-0.39, 0.29) is 17.4 Å². The quantitative estimate of drug-likeness (QED) is 0.915. The number of fused-ring (bicyclic) bond motifs is 1. The number of piperidine rings is 1. The summed E-state index contributed by atoms with van der Waals surface area (Å²) in [5.41, 5.74) is 0.669. The highest BCUT2D eigenvalue weighted by atomic mass is 16.7. The van der Waals surface area contributed by atoms with Crippen LogP contribution in [-0.2, 0) is 9.47 Å². The molecule has 2 fully saturated rings. The Morgan fingerprint density at radius 3 is 2.65 bits per heavy atom. The van der Waals surface area contributed by atoms with Crippen LogP contribution < -0.4 is 5.56 Å². The Morgan fingerprint density at radius 1 is 1.22 bits per heavy atom. The van der Waals surface area contributed by atoms with E-state index in [1.807, 2.05) is 18.2 Å². The molecule has 1 aromatic heterocycles. The highest BCUT2D eigenvalue weighted by molar-refractivity contribution is 5.77. The van der Waals surface area contributed by atoms with E-state index in [0.29, 0.717) is 18.6 Å². The summed E-state index contributed by atoms with van der Waals surface area (Å²) < 4.78 is 11.5. The fraction of sp³-hybridized carbons (Fsp3) is 0.529. The molecule has 6 nitrogen and oxygen atoms in total. The van der Waals surface area contributed by atoms with Crippen molar-refractivity contribution in [2.45, 2.75) is 31.6 Å². The Bertz CT molecular complexity index is 757. The number of para-hydroxylation sites is 1. The van der Waals surface area contributed by atoms with Crippen LogP contribution in [0.4, 0.5) is 0 Å². The van der Waals surface area contributed by atoms with Crippen molar-refractivity contribution in [2.75, 3.05) is 26.3 Å². The number of aromatic amines is 1. The molecule has 0 amide bonds. The Balaban J connectivity index is 1.55. The molecule has 2 aliphatic heterocycles. The van der Waals surface area contributed by atoms with E-state index in [1.165, 1.54) is 0 Å². The molecule has 1 atom stereocenters. The van der Waals surface area contributed by atoms with Crippen LogP contribution in [0.3, 0.4) is 0 Å². The fourth-order valence-electron chi connectivity index (χ4n) is 3.51. The maximum atomic E-state index is 12.2. The number of aromatic nitrogens is 2. The van der Waals surface area contributed by atoms with E-state index in [9.17, 15) is 4.79 Å². The van der Waals surface area contributed by atoms with Gasteiger partial charge in [0.25, 0.3) is 5.56 Å². The smallest absolute Gasteiger partial charge is 0.258 e. The van der Waals surface area contributed by atoms with E-state index in [0.717, 1.165) is 37.3 Å². The molecule has 1 N–H and O–H groups in total.